The van der Waals surface area contributed by atoms with Crippen molar-refractivity contribution in [2.24, 2.45) is 0 Å². The SMILES string of the molecule is c1ccc(-c2nc(-c3ccccc3)nc(-c3cccc(-c4ccc5c6ccccc6n(-c6cccc(-n7c8ccccc8c8ccccc87)c6)c5c4)c3)n2)cc1. The summed E-state index contributed by atoms with van der Waals surface area (Å²) in [7, 11) is 0. The summed E-state index contributed by atoms with van der Waals surface area (Å²) in [5, 5.41) is 4.93. The molecule has 0 saturated carbocycles. The highest BCUT2D eigenvalue weighted by molar-refractivity contribution is 6.11. The minimum absolute atomic E-state index is 0.636. The van der Waals surface area contributed by atoms with Crippen LogP contribution in [-0.4, -0.2) is 24.1 Å². The number of para-hydroxylation sites is 3. The molecule has 3 aromatic heterocycles. The van der Waals surface area contributed by atoms with Gasteiger partial charge in [-0.05, 0) is 59.7 Å². The Bertz CT molecular complexity index is 3140. The molecule has 0 aliphatic rings. The molecular formula is C51H33N5. The Morgan fingerprint density at radius 3 is 1.20 bits per heavy atom. The Morgan fingerprint density at radius 2 is 0.643 bits per heavy atom. The summed E-state index contributed by atoms with van der Waals surface area (Å²) in [6.07, 6.45) is 0. The van der Waals surface area contributed by atoms with Gasteiger partial charge in [0, 0.05) is 49.6 Å². The quantitative estimate of drug-likeness (QED) is 0.172. The first-order valence-electron chi connectivity index (χ1n) is 18.9. The minimum Gasteiger partial charge on any atom is -0.309 e. The summed E-state index contributed by atoms with van der Waals surface area (Å²) < 4.78 is 4.78. The fourth-order valence-electron chi connectivity index (χ4n) is 8.18. The zero-order valence-electron chi connectivity index (χ0n) is 30.3. The zero-order valence-corrected chi connectivity index (χ0v) is 30.3. The number of nitrogens with zero attached hydrogens (tertiary/aromatic N) is 5. The van der Waals surface area contributed by atoms with Crippen LogP contribution in [0.15, 0.2) is 200 Å². The van der Waals surface area contributed by atoms with E-state index < -0.39 is 0 Å². The molecule has 0 amide bonds. The summed E-state index contributed by atoms with van der Waals surface area (Å²) in [5.41, 5.74) is 12.0. The Labute approximate surface area is 323 Å². The number of benzene rings is 8. The lowest BCUT2D eigenvalue weighted by Crippen LogP contribution is -2.00. The fraction of sp³-hybridized carbons (Fsp3) is 0. The normalized spacial score (nSPS) is 11.6. The molecule has 11 aromatic rings. The Kier molecular flexibility index (Phi) is 7.42. The first kappa shape index (κ1) is 31.9. The molecule has 0 bridgehead atoms. The second-order valence-electron chi connectivity index (χ2n) is 14.1. The number of aromatic nitrogens is 5. The first-order chi connectivity index (χ1) is 27.8. The van der Waals surface area contributed by atoms with E-state index >= 15 is 0 Å². The van der Waals surface area contributed by atoms with Gasteiger partial charge in [0.2, 0.25) is 0 Å². The van der Waals surface area contributed by atoms with E-state index in [4.69, 9.17) is 15.0 Å². The van der Waals surface area contributed by atoms with Gasteiger partial charge in [0.05, 0.1) is 22.1 Å². The molecule has 8 aromatic carbocycles. The van der Waals surface area contributed by atoms with E-state index in [0.29, 0.717) is 17.5 Å². The minimum atomic E-state index is 0.636. The highest BCUT2D eigenvalue weighted by Crippen LogP contribution is 2.37. The van der Waals surface area contributed by atoms with Crippen molar-refractivity contribution >= 4 is 43.6 Å². The maximum Gasteiger partial charge on any atom is 0.164 e. The molecular weight excluding hydrogens is 683 g/mol. The molecule has 0 radical (unpaired) electrons. The standard InChI is InChI=1S/C51H33N5/c1-3-15-34(16-4-1)49-52-50(35-17-5-2-6-18-35)54-51(53-49)38-20-13-19-36(31-38)37-29-30-44-43-25-9-12-28-47(43)56(48(44)32-37)40-22-14-21-39(33-40)55-45-26-10-7-23-41(45)42-24-8-11-27-46(42)55/h1-33H. The predicted octanol–water partition coefficient (Wildman–Crippen LogP) is 12.7. The molecule has 0 spiro atoms. The van der Waals surface area contributed by atoms with E-state index in [1.807, 2.05) is 60.7 Å². The van der Waals surface area contributed by atoms with Crippen LogP contribution in [-0.2, 0) is 0 Å². The Hall–Kier alpha value is -7.63. The average molecular weight is 716 g/mol. The van der Waals surface area contributed by atoms with E-state index in [1.165, 1.54) is 38.1 Å². The zero-order chi connectivity index (χ0) is 37.0. The molecule has 0 aliphatic heterocycles. The topological polar surface area (TPSA) is 48.5 Å². The monoisotopic (exact) mass is 715 g/mol. The highest BCUT2D eigenvalue weighted by atomic mass is 15.0. The van der Waals surface area contributed by atoms with Crippen molar-refractivity contribution in [3.63, 3.8) is 0 Å². The maximum absolute atomic E-state index is 5.01. The van der Waals surface area contributed by atoms with Crippen LogP contribution in [0.4, 0.5) is 0 Å². The van der Waals surface area contributed by atoms with Crippen molar-refractivity contribution < 1.29 is 0 Å². The van der Waals surface area contributed by atoms with Gasteiger partial charge < -0.3 is 9.13 Å². The van der Waals surface area contributed by atoms with E-state index in [1.54, 1.807) is 0 Å². The Morgan fingerprint density at radius 1 is 0.250 bits per heavy atom. The van der Waals surface area contributed by atoms with E-state index in [9.17, 15) is 0 Å². The molecule has 0 fully saturated rings. The number of hydrogen-bond acceptors (Lipinski definition) is 3. The molecule has 0 aliphatic carbocycles. The van der Waals surface area contributed by atoms with Crippen molar-refractivity contribution in [3.8, 4) is 56.7 Å². The lowest BCUT2D eigenvalue weighted by atomic mass is 10.0. The van der Waals surface area contributed by atoms with Gasteiger partial charge in [-0.15, -0.1) is 0 Å². The third-order valence-electron chi connectivity index (χ3n) is 10.8. The third-order valence-corrected chi connectivity index (χ3v) is 10.8. The third kappa shape index (κ3) is 5.29. The van der Waals surface area contributed by atoms with Crippen LogP contribution in [0.1, 0.15) is 0 Å². The second-order valence-corrected chi connectivity index (χ2v) is 14.1. The summed E-state index contributed by atoms with van der Waals surface area (Å²) in [6, 6.07) is 70.5. The fourth-order valence-corrected chi connectivity index (χ4v) is 8.18. The van der Waals surface area contributed by atoms with E-state index in [0.717, 1.165) is 44.7 Å². The van der Waals surface area contributed by atoms with Crippen molar-refractivity contribution in [1.29, 1.82) is 0 Å². The summed E-state index contributed by atoms with van der Waals surface area (Å²) in [5.74, 6) is 1.93. The molecule has 0 saturated heterocycles. The molecule has 56 heavy (non-hydrogen) atoms. The van der Waals surface area contributed by atoms with Gasteiger partial charge in [0.1, 0.15) is 0 Å². The lowest BCUT2D eigenvalue weighted by Gasteiger charge is -2.13. The summed E-state index contributed by atoms with van der Waals surface area (Å²) in [4.78, 5) is 14.9. The molecule has 5 heteroatoms. The van der Waals surface area contributed by atoms with Crippen LogP contribution in [0.2, 0.25) is 0 Å². The van der Waals surface area contributed by atoms with Crippen LogP contribution < -0.4 is 0 Å². The van der Waals surface area contributed by atoms with Gasteiger partial charge in [-0.1, -0.05) is 152 Å². The Balaban J connectivity index is 1.06. The molecule has 5 nitrogen and oxygen atoms in total. The van der Waals surface area contributed by atoms with Crippen molar-refractivity contribution in [3.05, 3.63) is 200 Å². The van der Waals surface area contributed by atoms with Crippen LogP contribution in [0.3, 0.4) is 0 Å². The molecule has 0 atom stereocenters. The second kappa shape index (κ2) is 13.0. The molecule has 11 rings (SSSR count). The number of hydrogen-bond donors (Lipinski definition) is 0. The molecule has 3 heterocycles. The van der Waals surface area contributed by atoms with Crippen LogP contribution in [0.5, 0.6) is 0 Å². The van der Waals surface area contributed by atoms with E-state index in [2.05, 4.69) is 149 Å². The average Bonchev–Trinajstić information content (AvgIpc) is 3.80. The van der Waals surface area contributed by atoms with Crippen LogP contribution in [0.25, 0.3) is 100 Å². The van der Waals surface area contributed by atoms with Gasteiger partial charge >= 0.3 is 0 Å². The van der Waals surface area contributed by atoms with Gasteiger partial charge in [-0.25, -0.2) is 15.0 Å². The largest absolute Gasteiger partial charge is 0.309 e. The van der Waals surface area contributed by atoms with Gasteiger partial charge in [0.15, 0.2) is 17.5 Å². The smallest absolute Gasteiger partial charge is 0.164 e. The first-order valence-corrected chi connectivity index (χ1v) is 18.9. The van der Waals surface area contributed by atoms with Gasteiger partial charge in [-0.3, -0.25) is 0 Å². The summed E-state index contributed by atoms with van der Waals surface area (Å²) >= 11 is 0. The van der Waals surface area contributed by atoms with E-state index in [-0.39, 0.29) is 0 Å². The lowest BCUT2D eigenvalue weighted by molar-refractivity contribution is 1.07. The van der Waals surface area contributed by atoms with Crippen LogP contribution in [0, 0.1) is 0 Å². The molecule has 0 unspecified atom stereocenters. The van der Waals surface area contributed by atoms with Crippen molar-refractivity contribution in [2.45, 2.75) is 0 Å². The van der Waals surface area contributed by atoms with Crippen LogP contribution >= 0.6 is 0 Å². The van der Waals surface area contributed by atoms with Crippen molar-refractivity contribution in [1.82, 2.24) is 24.1 Å². The van der Waals surface area contributed by atoms with Gasteiger partial charge in [-0.2, -0.15) is 0 Å². The number of rotatable bonds is 6. The number of fused-ring (bicyclic) bond motifs is 6. The molecule has 262 valence electrons. The molecule has 0 N–H and O–H groups in total. The van der Waals surface area contributed by atoms with Gasteiger partial charge in [0.25, 0.3) is 0 Å². The summed E-state index contributed by atoms with van der Waals surface area (Å²) in [6.45, 7) is 0. The predicted molar refractivity (Wildman–Crippen MR) is 230 cm³/mol. The maximum atomic E-state index is 5.01. The highest BCUT2D eigenvalue weighted by Gasteiger charge is 2.17. The van der Waals surface area contributed by atoms with Crippen molar-refractivity contribution in [2.75, 3.05) is 0 Å².